The van der Waals surface area contributed by atoms with Gasteiger partial charge < -0.3 is 5.11 Å². The van der Waals surface area contributed by atoms with Crippen molar-refractivity contribution in [1.82, 2.24) is 0 Å². The Balaban J connectivity index is 3.01. The molecule has 0 amide bonds. The molecule has 0 aliphatic carbocycles. The van der Waals surface area contributed by atoms with Crippen LogP contribution in [0.1, 0.15) is 25.5 Å². The Bertz CT molecular complexity index is 277. The van der Waals surface area contributed by atoms with E-state index in [1.54, 1.807) is 18.2 Å². The second-order valence-electron chi connectivity index (χ2n) is 3.39. The largest absolute Gasteiger partial charge is 0.388 e. The number of rotatable bonds is 2. The molecule has 1 unspecified atom stereocenters. The van der Waals surface area contributed by atoms with E-state index in [1.807, 2.05) is 13.8 Å². The van der Waals surface area contributed by atoms with Crippen molar-refractivity contribution in [3.63, 3.8) is 0 Å². The minimum Gasteiger partial charge on any atom is -0.388 e. The minimum atomic E-state index is -0.504. The number of aliphatic hydroxyl groups is 1. The van der Waals surface area contributed by atoms with E-state index < -0.39 is 6.10 Å². The normalized spacial score (nSPS) is 13.4. The Labute approximate surface area is 88.3 Å². The highest BCUT2D eigenvalue weighted by molar-refractivity contribution is 6.34. The van der Waals surface area contributed by atoms with Crippen LogP contribution in [0.4, 0.5) is 0 Å². The molecule has 1 nitrogen and oxygen atoms in total. The average molecular weight is 219 g/mol. The van der Waals surface area contributed by atoms with Gasteiger partial charge in [0.1, 0.15) is 0 Å². The van der Waals surface area contributed by atoms with Gasteiger partial charge in [-0.1, -0.05) is 37.0 Å². The Hall–Kier alpha value is -0.240. The van der Waals surface area contributed by atoms with Gasteiger partial charge in [0.2, 0.25) is 0 Å². The molecule has 72 valence electrons. The highest BCUT2D eigenvalue weighted by atomic mass is 35.5. The molecule has 0 saturated carbocycles. The first kappa shape index (κ1) is 10.8. The van der Waals surface area contributed by atoms with Gasteiger partial charge in [-0.3, -0.25) is 0 Å². The fraction of sp³-hybridized carbons (Fsp3) is 0.400. The Morgan fingerprint density at radius 1 is 1.08 bits per heavy atom. The molecule has 13 heavy (non-hydrogen) atoms. The van der Waals surface area contributed by atoms with Gasteiger partial charge in [0.05, 0.1) is 6.10 Å². The first-order valence-corrected chi connectivity index (χ1v) is 4.90. The summed E-state index contributed by atoms with van der Waals surface area (Å²) in [5.41, 5.74) is 0.771. The highest BCUT2D eigenvalue weighted by Crippen LogP contribution is 2.27. The zero-order valence-electron chi connectivity index (χ0n) is 7.59. The number of aliphatic hydroxyl groups excluding tert-OH is 1. The summed E-state index contributed by atoms with van der Waals surface area (Å²) in [5, 5.41) is 10.8. The summed E-state index contributed by atoms with van der Waals surface area (Å²) in [7, 11) is 0. The zero-order chi connectivity index (χ0) is 10.0. The Morgan fingerprint density at radius 2 is 1.54 bits per heavy atom. The minimum absolute atomic E-state index is 0.162. The second kappa shape index (κ2) is 4.32. The lowest BCUT2D eigenvalue weighted by Gasteiger charge is -2.15. The van der Waals surface area contributed by atoms with Crippen LogP contribution in [-0.4, -0.2) is 5.11 Å². The van der Waals surface area contributed by atoms with E-state index in [0.29, 0.717) is 10.0 Å². The van der Waals surface area contributed by atoms with Gasteiger partial charge in [0.25, 0.3) is 0 Å². The van der Waals surface area contributed by atoms with Crippen LogP contribution in [0.5, 0.6) is 0 Å². The van der Waals surface area contributed by atoms with Crippen LogP contribution < -0.4 is 0 Å². The molecule has 0 spiro atoms. The first-order chi connectivity index (χ1) is 6.00. The summed E-state index contributed by atoms with van der Waals surface area (Å²) < 4.78 is 0. The van der Waals surface area contributed by atoms with Crippen molar-refractivity contribution in [2.24, 2.45) is 5.92 Å². The third kappa shape index (κ3) is 2.87. The lowest BCUT2D eigenvalue weighted by Crippen LogP contribution is -2.05. The van der Waals surface area contributed by atoms with Gasteiger partial charge in [-0.05, 0) is 29.7 Å². The fourth-order valence-electron chi connectivity index (χ4n) is 1.13. The average Bonchev–Trinajstić information content (AvgIpc) is 2.01. The predicted molar refractivity (Wildman–Crippen MR) is 56.3 cm³/mol. The van der Waals surface area contributed by atoms with Gasteiger partial charge in [0, 0.05) is 10.0 Å². The van der Waals surface area contributed by atoms with Crippen LogP contribution in [0.2, 0.25) is 10.0 Å². The molecule has 0 aliphatic rings. The Morgan fingerprint density at radius 3 is 1.92 bits per heavy atom. The van der Waals surface area contributed by atoms with Crippen LogP contribution in [0.25, 0.3) is 0 Å². The molecule has 0 aromatic heterocycles. The lowest BCUT2D eigenvalue weighted by atomic mass is 9.99. The number of hydrogen-bond acceptors (Lipinski definition) is 1. The van der Waals surface area contributed by atoms with Crippen LogP contribution >= 0.6 is 23.2 Å². The van der Waals surface area contributed by atoms with Crippen LogP contribution in [0, 0.1) is 5.92 Å². The van der Waals surface area contributed by atoms with Crippen LogP contribution in [0.3, 0.4) is 0 Å². The molecule has 1 N–H and O–H groups in total. The summed E-state index contributed by atoms with van der Waals surface area (Å²) >= 11 is 11.6. The maximum atomic E-state index is 9.73. The summed E-state index contributed by atoms with van der Waals surface area (Å²) in [6.07, 6.45) is -0.504. The van der Waals surface area contributed by atoms with Crippen molar-refractivity contribution in [3.8, 4) is 0 Å². The molecule has 1 atom stereocenters. The summed E-state index contributed by atoms with van der Waals surface area (Å²) in [5.74, 6) is 0.162. The number of halogens is 2. The van der Waals surface area contributed by atoms with Crippen LogP contribution in [0.15, 0.2) is 18.2 Å². The highest BCUT2D eigenvalue weighted by Gasteiger charge is 2.12. The van der Waals surface area contributed by atoms with E-state index in [9.17, 15) is 5.11 Å². The molecule has 1 rings (SSSR count). The van der Waals surface area contributed by atoms with E-state index in [4.69, 9.17) is 23.2 Å². The molecule has 0 saturated heterocycles. The van der Waals surface area contributed by atoms with Crippen molar-refractivity contribution in [2.75, 3.05) is 0 Å². The van der Waals surface area contributed by atoms with Gasteiger partial charge in [-0.2, -0.15) is 0 Å². The number of benzene rings is 1. The van der Waals surface area contributed by atoms with Crippen molar-refractivity contribution in [3.05, 3.63) is 33.8 Å². The summed E-state index contributed by atoms with van der Waals surface area (Å²) in [6, 6.07) is 5.12. The smallest absolute Gasteiger partial charge is 0.0813 e. The first-order valence-electron chi connectivity index (χ1n) is 4.14. The molecule has 3 heteroatoms. The van der Waals surface area contributed by atoms with Gasteiger partial charge >= 0.3 is 0 Å². The zero-order valence-corrected chi connectivity index (χ0v) is 9.10. The third-order valence-electron chi connectivity index (χ3n) is 1.86. The van der Waals surface area contributed by atoms with E-state index in [2.05, 4.69) is 0 Å². The fourth-order valence-corrected chi connectivity index (χ4v) is 1.67. The van der Waals surface area contributed by atoms with Crippen molar-refractivity contribution < 1.29 is 5.11 Å². The maximum Gasteiger partial charge on any atom is 0.0813 e. The van der Waals surface area contributed by atoms with E-state index >= 15 is 0 Å². The number of hydrogen-bond donors (Lipinski definition) is 1. The lowest BCUT2D eigenvalue weighted by molar-refractivity contribution is 0.127. The molecule has 1 aromatic carbocycles. The molecule has 0 heterocycles. The molecular weight excluding hydrogens is 207 g/mol. The summed E-state index contributed by atoms with van der Waals surface area (Å²) in [4.78, 5) is 0. The molecule has 0 fully saturated rings. The van der Waals surface area contributed by atoms with E-state index in [-0.39, 0.29) is 5.92 Å². The maximum absolute atomic E-state index is 9.73. The van der Waals surface area contributed by atoms with Crippen LogP contribution in [-0.2, 0) is 0 Å². The molecular formula is C10H12Cl2O. The summed E-state index contributed by atoms with van der Waals surface area (Å²) in [6.45, 7) is 3.89. The van der Waals surface area contributed by atoms with Crippen molar-refractivity contribution >= 4 is 23.2 Å². The van der Waals surface area contributed by atoms with E-state index in [0.717, 1.165) is 5.56 Å². The molecule has 0 aliphatic heterocycles. The monoisotopic (exact) mass is 218 g/mol. The quantitative estimate of drug-likeness (QED) is 0.804. The van der Waals surface area contributed by atoms with Gasteiger partial charge in [-0.15, -0.1) is 0 Å². The van der Waals surface area contributed by atoms with Crippen molar-refractivity contribution in [1.29, 1.82) is 0 Å². The second-order valence-corrected chi connectivity index (χ2v) is 4.26. The van der Waals surface area contributed by atoms with Gasteiger partial charge in [-0.25, -0.2) is 0 Å². The standard InChI is InChI=1S/C10H12Cl2O/c1-6(2)10(13)7-3-8(11)5-9(12)4-7/h3-6,10,13H,1-2H3. The molecule has 0 radical (unpaired) electrons. The van der Waals surface area contributed by atoms with E-state index in [1.165, 1.54) is 0 Å². The SMILES string of the molecule is CC(C)C(O)c1cc(Cl)cc(Cl)c1. The molecule has 1 aromatic rings. The third-order valence-corrected chi connectivity index (χ3v) is 2.29. The molecule has 0 bridgehead atoms. The van der Waals surface area contributed by atoms with Gasteiger partial charge in [0.15, 0.2) is 0 Å². The predicted octanol–water partition coefficient (Wildman–Crippen LogP) is 3.68. The topological polar surface area (TPSA) is 20.2 Å². The Kier molecular flexibility index (Phi) is 3.60. The van der Waals surface area contributed by atoms with Crippen molar-refractivity contribution in [2.45, 2.75) is 20.0 Å².